The van der Waals surface area contributed by atoms with Gasteiger partial charge in [0.1, 0.15) is 17.4 Å². The topological polar surface area (TPSA) is 95.4 Å². The molecule has 1 aromatic heterocycles. The van der Waals surface area contributed by atoms with E-state index in [1.54, 1.807) is 43.1 Å². The number of pyridine rings is 1. The fraction of sp³-hybridized carbons (Fsp3) is 0.464. The molecule has 198 valence electrons. The predicted molar refractivity (Wildman–Crippen MR) is 141 cm³/mol. The lowest BCUT2D eigenvalue weighted by Crippen LogP contribution is -2.51. The van der Waals surface area contributed by atoms with Crippen LogP contribution in [-0.2, 0) is 4.79 Å². The minimum atomic E-state index is -0.408. The number of rotatable bonds is 7. The van der Waals surface area contributed by atoms with E-state index in [0.29, 0.717) is 30.0 Å². The standard InChI is InChI=1S/C28H36N4O5/c1-19-15-32(20(2)18-33)28(35)23-13-21(11-12-22-9-7-8-10-24(22)36-6)14-29-27(23)37-25(19)16-31(5)26(34)17-30(3)4/h7-10,13-14,19-20,25,33H,15-18H2,1-6H3/t19-,20-,25+/m1/s1. The second kappa shape index (κ2) is 12.6. The first-order chi connectivity index (χ1) is 17.6. The summed E-state index contributed by atoms with van der Waals surface area (Å²) >= 11 is 0. The highest BCUT2D eigenvalue weighted by Crippen LogP contribution is 2.27. The van der Waals surface area contributed by atoms with Gasteiger partial charge >= 0.3 is 0 Å². The Labute approximate surface area is 219 Å². The second-order valence-electron chi connectivity index (χ2n) is 9.66. The number of amides is 2. The van der Waals surface area contributed by atoms with E-state index in [0.717, 1.165) is 0 Å². The van der Waals surface area contributed by atoms with Gasteiger partial charge in [-0.2, -0.15) is 0 Å². The van der Waals surface area contributed by atoms with Crippen LogP contribution in [0.15, 0.2) is 36.5 Å². The van der Waals surface area contributed by atoms with Crippen LogP contribution in [0.1, 0.15) is 35.3 Å². The van der Waals surface area contributed by atoms with Crippen molar-refractivity contribution in [3.63, 3.8) is 0 Å². The van der Waals surface area contributed by atoms with E-state index in [9.17, 15) is 14.7 Å². The Morgan fingerprint density at radius 2 is 2.03 bits per heavy atom. The minimum Gasteiger partial charge on any atom is -0.495 e. The lowest BCUT2D eigenvalue weighted by atomic mass is 10.00. The van der Waals surface area contributed by atoms with Gasteiger partial charge in [-0.1, -0.05) is 30.9 Å². The van der Waals surface area contributed by atoms with Gasteiger partial charge in [-0.3, -0.25) is 9.59 Å². The molecular weight excluding hydrogens is 472 g/mol. The van der Waals surface area contributed by atoms with Gasteiger partial charge in [0.05, 0.1) is 38.4 Å². The summed E-state index contributed by atoms with van der Waals surface area (Å²) in [6.07, 6.45) is 1.16. The number of fused-ring (bicyclic) bond motifs is 1. The lowest BCUT2D eigenvalue weighted by molar-refractivity contribution is -0.132. The fourth-order valence-corrected chi connectivity index (χ4v) is 4.04. The minimum absolute atomic E-state index is 0.0327. The van der Waals surface area contributed by atoms with Crippen molar-refractivity contribution in [3.05, 3.63) is 53.2 Å². The van der Waals surface area contributed by atoms with Crippen LogP contribution in [0, 0.1) is 17.8 Å². The first kappa shape index (κ1) is 28.0. The summed E-state index contributed by atoms with van der Waals surface area (Å²) in [6.45, 7) is 4.57. The molecule has 2 aromatic rings. The maximum absolute atomic E-state index is 13.6. The first-order valence-corrected chi connectivity index (χ1v) is 12.3. The number of aromatic nitrogens is 1. The molecule has 0 aliphatic carbocycles. The van der Waals surface area contributed by atoms with Crippen LogP contribution in [-0.4, -0.2) is 103 Å². The quantitative estimate of drug-likeness (QED) is 0.569. The van der Waals surface area contributed by atoms with Crippen LogP contribution in [0.2, 0.25) is 0 Å². The number of hydrogen-bond acceptors (Lipinski definition) is 7. The predicted octanol–water partition coefficient (Wildman–Crippen LogP) is 1.73. The molecule has 0 saturated heterocycles. The molecule has 37 heavy (non-hydrogen) atoms. The van der Waals surface area contributed by atoms with Crippen LogP contribution in [0.25, 0.3) is 0 Å². The molecule has 0 spiro atoms. The lowest BCUT2D eigenvalue weighted by Gasteiger charge is -2.37. The highest BCUT2D eigenvalue weighted by molar-refractivity contribution is 5.97. The zero-order valence-corrected chi connectivity index (χ0v) is 22.4. The van der Waals surface area contributed by atoms with Crippen LogP contribution in [0.5, 0.6) is 11.6 Å². The smallest absolute Gasteiger partial charge is 0.259 e. The summed E-state index contributed by atoms with van der Waals surface area (Å²) in [5, 5.41) is 9.85. The van der Waals surface area contributed by atoms with Crippen molar-refractivity contribution in [3.8, 4) is 23.5 Å². The molecule has 3 rings (SSSR count). The van der Waals surface area contributed by atoms with Gasteiger partial charge in [0, 0.05) is 31.3 Å². The number of benzene rings is 1. The molecule has 1 aromatic carbocycles. The van der Waals surface area contributed by atoms with E-state index in [4.69, 9.17) is 9.47 Å². The highest BCUT2D eigenvalue weighted by Gasteiger charge is 2.34. The Kier molecular flexibility index (Phi) is 9.50. The third-order valence-corrected chi connectivity index (χ3v) is 6.30. The molecule has 1 aliphatic rings. The monoisotopic (exact) mass is 508 g/mol. The van der Waals surface area contributed by atoms with Crippen molar-refractivity contribution in [2.24, 2.45) is 5.92 Å². The number of methoxy groups -OCH3 is 1. The number of aliphatic hydroxyl groups excluding tert-OH is 1. The van der Waals surface area contributed by atoms with Gasteiger partial charge in [-0.05, 0) is 39.2 Å². The maximum atomic E-state index is 13.6. The third-order valence-electron chi connectivity index (χ3n) is 6.30. The van der Waals surface area contributed by atoms with Gasteiger partial charge in [0.2, 0.25) is 11.8 Å². The van der Waals surface area contributed by atoms with Gasteiger partial charge in [-0.15, -0.1) is 0 Å². The Morgan fingerprint density at radius 3 is 2.70 bits per heavy atom. The average molecular weight is 509 g/mol. The number of likely N-dealkylation sites (N-methyl/N-ethyl adjacent to an activating group) is 2. The van der Waals surface area contributed by atoms with Crippen molar-refractivity contribution in [1.29, 1.82) is 0 Å². The van der Waals surface area contributed by atoms with Gasteiger partial charge < -0.3 is 29.3 Å². The summed E-state index contributed by atoms with van der Waals surface area (Å²) in [7, 11) is 7.01. The van der Waals surface area contributed by atoms with Gasteiger partial charge in [0.15, 0.2) is 0 Å². The van der Waals surface area contributed by atoms with E-state index in [1.807, 2.05) is 50.2 Å². The summed E-state index contributed by atoms with van der Waals surface area (Å²) in [5.41, 5.74) is 1.53. The zero-order chi connectivity index (χ0) is 27.1. The fourth-order valence-electron chi connectivity index (χ4n) is 4.04. The molecule has 0 radical (unpaired) electrons. The van der Waals surface area contributed by atoms with E-state index >= 15 is 0 Å². The van der Waals surface area contributed by atoms with Crippen LogP contribution in [0.3, 0.4) is 0 Å². The molecular formula is C28H36N4O5. The van der Waals surface area contributed by atoms with Crippen molar-refractivity contribution >= 4 is 11.8 Å². The number of carbonyl (C=O) groups excluding carboxylic acids is 2. The zero-order valence-electron chi connectivity index (χ0n) is 22.4. The highest BCUT2D eigenvalue weighted by atomic mass is 16.5. The molecule has 3 atom stereocenters. The van der Waals surface area contributed by atoms with Crippen molar-refractivity contribution in [2.45, 2.75) is 26.0 Å². The van der Waals surface area contributed by atoms with Crippen LogP contribution >= 0.6 is 0 Å². The van der Waals surface area contributed by atoms with Gasteiger partial charge in [0.25, 0.3) is 5.91 Å². The third kappa shape index (κ3) is 7.00. The Hall–Kier alpha value is -3.61. The number of ether oxygens (including phenoxy) is 2. The average Bonchev–Trinajstić information content (AvgIpc) is 2.88. The largest absolute Gasteiger partial charge is 0.495 e. The Balaban J connectivity index is 1.97. The van der Waals surface area contributed by atoms with E-state index in [2.05, 4.69) is 16.8 Å². The number of aliphatic hydroxyl groups is 1. The molecule has 9 nitrogen and oxygen atoms in total. The maximum Gasteiger partial charge on any atom is 0.259 e. The molecule has 1 aliphatic heterocycles. The normalized spacial score (nSPS) is 18.1. The summed E-state index contributed by atoms with van der Waals surface area (Å²) in [5.74, 6) is 6.54. The number of para-hydroxylation sites is 1. The van der Waals surface area contributed by atoms with E-state index < -0.39 is 12.1 Å². The van der Waals surface area contributed by atoms with Gasteiger partial charge in [-0.25, -0.2) is 4.98 Å². The SMILES string of the molecule is COc1ccccc1C#Cc1cnc2c(c1)C(=O)N([C@H](C)CO)C[C@@H](C)[C@H](CN(C)C(=O)CN(C)C)O2. The van der Waals surface area contributed by atoms with Crippen LogP contribution in [0.4, 0.5) is 0 Å². The van der Waals surface area contributed by atoms with Crippen molar-refractivity contribution < 1.29 is 24.2 Å². The molecule has 0 saturated carbocycles. The molecule has 0 unspecified atom stereocenters. The first-order valence-electron chi connectivity index (χ1n) is 12.3. The second-order valence-corrected chi connectivity index (χ2v) is 9.66. The summed E-state index contributed by atoms with van der Waals surface area (Å²) < 4.78 is 11.6. The molecule has 1 N–H and O–H groups in total. The summed E-state index contributed by atoms with van der Waals surface area (Å²) in [6, 6.07) is 8.68. The number of carbonyl (C=O) groups is 2. The van der Waals surface area contributed by atoms with Crippen molar-refractivity contribution in [2.75, 3.05) is 54.5 Å². The van der Waals surface area contributed by atoms with E-state index in [1.165, 1.54) is 0 Å². The Bertz CT molecular complexity index is 1170. The molecule has 0 fully saturated rings. The number of nitrogens with zero attached hydrogens (tertiary/aromatic N) is 4. The molecule has 0 bridgehead atoms. The molecule has 2 amide bonds. The van der Waals surface area contributed by atoms with E-state index in [-0.39, 0.29) is 42.3 Å². The van der Waals surface area contributed by atoms with Crippen LogP contribution < -0.4 is 9.47 Å². The van der Waals surface area contributed by atoms with Crippen molar-refractivity contribution in [1.82, 2.24) is 19.7 Å². The Morgan fingerprint density at radius 1 is 1.30 bits per heavy atom. The number of hydrogen-bond donors (Lipinski definition) is 1. The summed E-state index contributed by atoms with van der Waals surface area (Å²) in [4.78, 5) is 35.7. The molecule has 9 heteroatoms. The molecule has 2 heterocycles.